The lowest BCUT2D eigenvalue weighted by molar-refractivity contribution is -0.120. The van der Waals surface area contributed by atoms with Gasteiger partial charge in [0.05, 0.1) is 5.56 Å². The van der Waals surface area contributed by atoms with Crippen LogP contribution in [0.2, 0.25) is 0 Å². The lowest BCUT2D eigenvalue weighted by Crippen LogP contribution is -2.47. The molecule has 0 aliphatic carbocycles. The Kier molecular flexibility index (Phi) is 6.02. The van der Waals surface area contributed by atoms with Crippen LogP contribution in [0.5, 0.6) is 5.75 Å². The number of carboxylic acids is 1. The van der Waals surface area contributed by atoms with Crippen molar-refractivity contribution in [2.24, 2.45) is 16.6 Å². The highest BCUT2D eigenvalue weighted by Crippen LogP contribution is 2.28. The average Bonchev–Trinajstić information content (AvgIpc) is 2.54. The van der Waals surface area contributed by atoms with Crippen LogP contribution in [0, 0.1) is 0 Å². The Morgan fingerprint density at radius 1 is 1.46 bits per heavy atom. The first-order valence-electron chi connectivity index (χ1n) is 7.40. The molecule has 1 aromatic carbocycles. The Morgan fingerprint density at radius 2 is 2.25 bits per heavy atom. The molecule has 1 amide bonds. The molecule has 1 aliphatic heterocycles. The molecule has 7 N–H and O–H groups in total. The number of nitrogens with one attached hydrogen (secondary N) is 2. The molecule has 1 aliphatic rings. The van der Waals surface area contributed by atoms with Gasteiger partial charge < -0.3 is 26.5 Å². The Hall–Kier alpha value is -2.75. The summed E-state index contributed by atoms with van der Waals surface area (Å²) in [5, 5.41) is 15.7. The molecule has 127 valence electrons. The van der Waals surface area contributed by atoms with Gasteiger partial charge in [0.25, 0.3) is 0 Å². The van der Waals surface area contributed by atoms with E-state index in [1.54, 1.807) is 12.1 Å². The summed E-state index contributed by atoms with van der Waals surface area (Å²) in [5.41, 5.74) is 14.3. The Morgan fingerprint density at radius 3 is 2.96 bits per heavy atom. The number of nitrogens with two attached hydrogens (primary N) is 2. The van der Waals surface area contributed by atoms with Crippen molar-refractivity contribution in [3.8, 4) is 5.75 Å². The largest absolute Gasteiger partial charge is 0.560 e. The average molecular weight is 332 g/mol. The van der Waals surface area contributed by atoms with E-state index in [9.17, 15) is 9.59 Å². The van der Waals surface area contributed by atoms with Crippen LogP contribution in [0.15, 0.2) is 23.3 Å². The van der Waals surface area contributed by atoms with Crippen LogP contribution in [0.4, 0.5) is 0 Å². The molecule has 0 unspecified atom stereocenters. The number of hydrazone groups is 1. The first-order chi connectivity index (χ1) is 11.5. The zero-order chi connectivity index (χ0) is 17.5. The number of rotatable bonds is 7. The van der Waals surface area contributed by atoms with Crippen LogP contribution in [-0.4, -0.2) is 49.3 Å². The van der Waals surface area contributed by atoms with Crippen molar-refractivity contribution < 1.29 is 19.3 Å². The van der Waals surface area contributed by atoms with E-state index in [1.165, 1.54) is 13.5 Å². The van der Waals surface area contributed by atoms with E-state index in [1.807, 2.05) is 0 Å². The number of amides is 1. The molecule has 0 fully saturated rings. The number of hydrogen-bond donors (Lipinski definition) is 5. The summed E-state index contributed by atoms with van der Waals surface area (Å²) in [4.78, 5) is 23.0. The zero-order valence-electron chi connectivity index (χ0n) is 13.0. The Bertz CT molecular complexity index is 652. The minimum atomic E-state index is -1.06. The monoisotopic (exact) mass is 332 g/mol. The van der Waals surface area contributed by atoms with Gasteiger partial charge in [-0.15, -0.1) is 0 Å². The topological polar surface area (TPSA) is 152 Å². The maximum Gasteiger partial charge on any atom is 0.394 e. The molecule has 0 aromatic heterocycles. The van der Waals surface area contributed by atoms with E-state index in [-0.39, 0.29) is 24.0 Å². The molecule has 24 heavy (non-hydrogen) atoms. The fourth-order valence-electron chi connectivity index (χ4n) is 2.25. The molecule has 9 nitrogen and oxygen atoms in total. The third-order valence-electron chi connectivity index (χ3n) is 3.33. The molecule has 1 atom stereocenters. The van der Waals surface area contributed by atoms with E-state index in [0.29, 0.717) is 31.0 Å². The molecular formula is C14H19BN5O4. The number of amidine groups is 1. The molecule has 2 rings (SSSR count). The van der Waals surface area contributed by atoms with Gasteiger partial charge in [0, 0.05) is 12.4 Å². The molecule has 1 heterocycles. The molecular weight excluding hydrogens is 313 g/mol. The van der Waals surface area contributed by atoms with Crippen molar-refractivity contribution in [2.45, 2.75) is 18.8 Å². The molecule has 10 heteroatoms. The van der Waals surface area contributed by atoms with Gasteiger partial charge >= 0.3 is 13.5 Å². The number of fused-ring (bicyclic) bond motifs is 1. The highest BCUT2D eigenvalue weighted by atomic mass is 16.4. The normalized spacial score (nSPS) is 16.4. The second-order valence-electron chi connectivity index (χ2n) is 5.21. The summed E-state index contributed by atoms with van der Waals surface area (Å²) in [6.07, 6.45) is 0.891. The molecule has 0 saturated heterocycles. The number of aromatic carboxylic acids is 1. The van der Waals surface area contributed by atoms with Gasteiger partial charge in [-0.1, -0.05) is 12.1 Å². The minimum Gasteiger partial charge on any atom is -0.560 e. The van der Waals surface area contributed by atoms with Gasteiger partial charge in [0.2, 0.25) is 5.91 Å². The van der Waals surface area contributed by atoms with Crippen molar-refractivity contribution >= 4 is 25.2 Å². The number of benzene rings is 1. The molecule has 1 aromatic rings. The fourth-order valence-corrected chi connectivity index (χ4v) is 2.25. The van der Waals surface area contributed by atoms with E-state index in [2.05, 4.69) is 15.8 Å². The van der Waals surface area contributed by atoms with Crippen molar-refractivity contribution in [3.05, 3.63) is 29.3 Å². The van der Waals surface area contributed by atoms with Crippen LogP contribution in [0.1, 0.15) is 22.3 Å². The SMILES string of the molecule is NCC/C(N)=N/NCC(=O)N[C@@H]1[B]Oc2c(cccc2C(=O)O)C1. The first-order valence-corrected chi connectivity index (χ1v) is 7.40. The highest BCUT2D eigenvalue weighted by molar-refractivity contribution is 6.32. The van der Waals surface area contributed by atoms with Crippen LogP contribution < -0.4 is 26.9 Å². The van der Waals surface area contributed by atoms with Gasteiger partial charge in [-0.3, -0.25) is 10.2 Å². The predicted molar refractivity (Wildman–Crippen MR) is 88.7 cm³/mol. The standard InChI is InChI=1S/C14H19BN5O4/c16-5-4-11(17)20-18-7-12(21)19-10-6-8-2-1-3-9(14(22)23)13(8)24-15-10/h1-3,10,18H,4-7,16H2,(H2,17,20)(H,19,21)(H,22,23)/t10-/m0/s1. The maximum absolute atomic E-state index is 11.9. The van der Waals surface area contributed by atoms with Gasteiger partial charge in [0.15, 0.2) is 0 Å². The molecule has 0 bridgehead atoms. The summed E-state index contributed by atoms with van der Waals surface area (Å²) in [7, 11) is 1.42. The minimum absolute atomic E-state index is 0.0440. The fraction of sp³-hybridized carbons (Fsp3) is 0.357. The van der Waals surface area contributed by atoms with Crippen molar-refractivity contribution in [2.75, 3.05) is 13.1 Å². The molecule has 1 radical (unpaired) electrons. The van der Waals surface area contributed by atoms with Gasteiger partial charge in [-0.25, -0.2) is 4.79 Å². The highest BCUT2D eigenvalue weighted by Gasteiger charge is 2.27. The lowest BCUT2D eigenvalue weighted by Gasteiger charge is -2.25. The summed E-state index contributed by atoms with van der Waals surface area (Å²) in [5.74, 6) is -1.07. The molecule has 0 spiro atoms. The predicted octanol–water partition coefficient (Wildman–Crippen LogP) is -1.41. The Labute approximate surface area is 139 Å². The van der Waals surface area contributed by atoms with E-state index in [0.717, 1.165) is 5.56 Å². The smallest absolute Gasteiger partial charge is 0.394 e. The van der Waals surface area contributed by atoms with E-state index in [4.69, 9.17) is 21.2 Å². The van der Waals surface area contributed by atoms with Crippen LogP contribution in [-0.2, 0) is 11.2 Å². The van der Waals surface area contributed by atoms with E-state index < -0.39 is 5.97 Å². The number of carboxylic acid groups (broad SMARTS) is 1. The van der Waals surface area contributed by atoms with Crippen LogP contribution in [0.3, 0.4) is 0 Å². The summed E-state index contributed by atoms with van der Waals surface area (Å²) >= 11 is 0. The maximum atomic E-state index is 11.9. The first kappa shape index (κ1) is 17.6. The van der Waals surface area contributed by atoms with Gasteiger partial charge in [-0.2, -0.15) is 5.10 Å². The number of para-hydroxylation sites is 1. The van der Waals surface area contributed by atoms with Gasteiger partial charge in [0.1, 0.15) is 18.1 Å². The third-order valence-corrected chi connectivity index (χ3v) is 3.33. The number of nitrogens with zero attached hydrogens (tertiary/aromatic N) is 1. The second kappa shape index (κ2) is 8.20. The number of carbonyl (C=O) groups is 2. The summed E-state index contributed by atoms with van der Waals surface area (Å²) in [6, 6.07) is 4.89. The van der Waals surface area contributed by atoms with E-state index >= 15 is 0 Å². The summed E-state index contributed by atoms with van der Waals surface area (Å²) < 4.78 is 5.40. The second-order valence-corrected chi connectivity index (χ2v) is 5.21. The molecule has 0 saturated carbocycles. The zero-order valence-corrected chi connectivity index (χ0v) is 13.0. The lowest BCUT2D eigenvalue weighted by atomic mass is 9.79. The van der Waals surface area contributed by atoms with Crippen LogP contribution in [0.25, 0.3) is 0 Å². The quantitative estimate of drug-likeness (QED) is 0.178. The number of carbonyl (C=O) groups excluding carboxylic acids is 1. The van der Waals surface area contributed by atoms with Crippen molar-refractivity contribution in [1.29, 1.82) is 0 Å². The number of hydrogen-bond acceptors (Lipinski definition) is 6. The third kappa shape index (κ3) is 4.62. The van der Waals surface area contributed by atoms with Crippen molar-refractivity contribution in [3.63, 3.8) is 0 Å². The van der Waals surface area contributed by atoms with Crippen LogP contribution >= 0.6 is 0 Å². The van der Waals surface area contributed by atoms with Gasteiger partial charge in [-0.05, 0) is 24.6 Å². The Balaban J connectivity index is 1.88. The summed E-state index contributed by atoms with van der Waals surface area (Å²) in [6.45, 7) is 0.340. The van der Waals surface area contributed by atoms with Crippen molar-refractivity contribution in [1.82, 2.24) is 10.7 Å².